The molecule has 0 amide bonds. The minimum atomic E-state index is -0.380. The molecule has 0 atom stereocenters. The summed E-state index contributed by atoms with van der Waals surface area (Å²) in [6.07, 6.45) is 4.24. The fourth-order valence-electron chi connectivity index (χ4n) is 3.27. The lowest BCUT2D eigenvalue weighted by atomic mass is 10.1. The number of aromatic amines is 1. The van der Waals surface area contributed by atoms with E-state index in [0.717, 1.165) is 34.8 Å². The van der Waals surface area contributed by atoms with Crippen molar-refractivity contribution in [2.75, 3.05) is 11.4 Å². The van der Waals surface area contributed by atoms with Crippen LogP contribution in [0.2, 0.25) is 10.0 Å². The molecule has 0 radical (unpaired) electrons. The number of halogens is 2. The van der Waals surface area contributed by atoms with E-state index in [4.69, 9.17) is 23.2 Å². The summed E-state index contributed by atoms with van der Waals surface area (Å²) in [5, 5.41) is 7.12. The third-order valence-corrected chi connectivity index (χ3v) is 5.38. The summed E-state index contributed by atoms with van der Waals surface area (Å²) >= 11 is 12.5. The zero-order valence-corrected chi connectivity index (χ0v) is 15.7. The molecule has 2 aromatic heterocycles. The monoisotopic (exact) mass is 389 g/mol. The molecule has 0 spiro atoms. The van der Waals surface area contributed by atoms with E-state index in [0.29, 0.717) is 18.8 Å². The minimum absolute atomic E-state index is 0.161. The molecule has 0 aliphatic carbocycles. The maximum Gasteiger partial charge on any atom is 0.285 e. The molecule has 4 rings (SSSR count). The van der Waals surface area contributed by atoms with Crippen molar-refractivity contribution in [3.8, 4) is 0 Å². The van der Waals surface area contributed by atoms with Crippen LogP contribution in [0.4, 0.5) is 5.69 Å². The molecule has 26 heavy (non-hydrogen) atoms. The highest BCUT2D eigenvalue weighted by atomic mass is 35.5. The fourth-order valence-corrected chi connectivity index (χ4v) is 3.78. The molecule has 3 aromatic rings. The maximum absolute atomic E-state index is 11.7. The number of nitrogens with one attached hydrogen (secondary N) is 1. The molecule has 0 fully saturated rings. The zero-order valence-electron chi connectivity index (χ0n) is 14.2. The normalized spacial score (nSPS) is 13.7. The number of hydrogen-bond donors (Lipinski definition) is 1. The van der Waals surface area contributed by atoms with Crippen LogP contribution in [-0.2, 0) is 19.5 Å². The van der Waals surface area contributed by atoms with E-state index in [9.17, 15) is 4.79 Å². The zero-order chi connectivity index (χ0) is 18.3. The second-order valence-electron chi connectivity index (χ2n) is 6.43. The van der Waals surface area contributed by atoms with E-state index in [1.807, 2.05) is 24.2 Å². The van der Waals surface area contributed by atoms with Crippen LogP contribution in [0.1, 0.15) is 22.5 Å². The Morgan fingerprint density at radius 2 is 2.15 bits per heavy atom. The number of benzene rings is 1. The van der Waals surface area contributed by atoms with Crippen LogP contribution < -0.4 is 10.5 Å². The lowest BCUT2D eigenvalue weighted by molar-refractivity contribution is 0.660. The number of imidazole rings is 1. The van der Waals surface area contributed by atoms with Crippen molar-refractivity contribution in [3.63, 3.8) is 0 Å². The topological polar surface area (TPSA) is 66.8 Å². The van der Waals surface area contributed by atoms with Crippen LogP contribution >= 0.6 is 23.2 Å². The first-order valence-corrected chi connectivity index (χ1v) is 9.04. The number of rotatable bonds is 3. The number of nitrogens with zero attached hydrogens (tertiary/aromatic N) is 4. The SMILES string of the molecule is Cc1ccc(Cn2cnc3c2CCN(c2cn[nH]c(=O)c2Cl)C3)c(Cl)c1. The molecular formula is C18H17Cl2N5O. The summed E-state index contributed by atoms with van der Waals surface area (Å²) in [5.41, 5.74) is 4.64. The Morgan fingerprint density at radius 1 is 1.31 bits per heavy atom. The summed E-state index contributed by atoms with van der Waals surface area (Å²) in [4.78, 5) is 18.3. The quantitative estimate of drug-likeness (QED) is 0.746. The van der Waals surface area contributed by atoms with Crippen molar-refractivity contribution >= 4 is 28.9 Å². The Kier molecular flexibility index (Phi) is 4.46. The molecule has 0 unspecified atom stereocenters. The van der Waals surface area contributed by atoms with Crippen molar-refractivity contribution in [2.45, 2.75) is 26.4 Å². The molecule has 3 heterocycles. The van der Waals surface area contributed by atoms with Gasteiger partial charge in [-0.3, -0.25) is 4.79 Å². The summed E-state index contributed by atoms with van der Waals surface area (Å²) in [5.74, 6) is 0. The number of H-pyrrole nitrogens is 1. The van der Waals surface area contributed by atoms with Gasteiger partial charge in [0.2, 0.25) is 0 Å². The van der Waals surface area contributed by atoms with E-state index in [1.54, 1.807) is 6.20 Å². The number of fused-ring (bicyclic) bond motifs is 1. The van der Waals surface area contributed by atoms with E-state index in [1.165, 1.54) is 5.69 Å². The van der Waals surface area contributed by atoms with Gasteiger partial charge in [-0.05, 0) is 24.1 Å². The van der Waals surface area contributed by atoms with Gasteiger partial charge in [-0.2, -0.15) is 5.10 Å². The Hall–Kier alpha value is -2.31. The number of aromatic nitrogens is 4. The molecule has 0 bridgehead atoms. The average Bonchev–Trinajstić information content (AvgIpc) is 3.02. The van der Waals surface area contributed by atoms with Crippen LogP contribution in [0, 0.1) is 6.92 Å². The molecular weight excluding hydrogens is 373 g/mol. The molecule has 1 N–H and O–H groups in total. The van der Waals surface area contributed by atoms with E-state index >= 15 is 0 Å². The van der Waals surface area contributed by atoms with Gasteiger partial charge in [0.05, 0.1) is 37.0 Å². The molecule has 0 saturated heterocycles. The Balaban J connectivity index is 1.59. The van der Waals surface area contributed by atoms with Crippen molar-refractivity contribution in [1.82, 2.24) is 19.7 Å². The van der Waals surface area contributed by atoms with E-state index < -0.39 is 0 Å². The first-order valence-electron chi connectivity index (χ1n) is 8.29. The Morgan fingerprint density at radius 3 is 2.96 bits per heavy atom. The first-order chi connectivity index (χ1) is 12.5. The highest BCUT2D eigenvalue weighted by molar-refractivity contribution is 6.33. The summed E-state index contributed by atoms with van der Waals surface area (Å²) in [6.45, 7) is 4.05. The Bertz CT molecular complexity index is 1030. The molecule has 1 aliphatic rings. The van der Waals surface area contributed by atoms with Gasteiger partial charge in [-0.25, -0.2) is 10.1 Å². The second-order valence-corrected chi connectivity index (χ2v) is 7.22. The van der Waals surface area contributed by atoms with Crippen LogP contribution in [-0.4, -0.2) is 26.3 Å². The smallest absolute Gasteiger partial charge is 0.285 e. The van der Waals surface area contributed by atoms with Crippen molar-refractivity contribution < 1.29 is 0 Å². The van der Waals surface area contributed by atoms with Gasteiger partial charge < -0.3 is 9.47 Å². The molecule has 1 aliphatic heterocycles. The number of aryl methyl sites for hydroxylation is 1. The van der Waals surface area contributed by atoms with Crippen molar-refractivity contribution in [1.29, 1.82) is 0 Å². The van der Waals surface area contributed by atoms with Gasteiger partial charge in [0.25, 0.3) is 5.56 Å². The molecule has 0 saturated carbocycles. The highest BCUT2D eigenvalue weighted by Crippen LogP contribution is 2.28. The van der Waals surface area contributed by atoms with Gasteiger partial charge in [-0.1, -0.05) is 35.3 Å². The summed E-state index contributed by atoms with van der Waals surface area (Å²) < 4.78 is 2.14. The van der Waals surface area contributed by atoms with E-state index in [-0.39, 0.29) is 10.6 Å². The number of hydrogen-bond acceptors (Lipinski definition) is 4. The van der Waals surface area contributed by atoms with Gasteiger partial charge in [0.15, 0.2) is 0 Å². The predicted octanol–water partition coefficient (Wildman–Crippen LogP) is 3.19. The minimum Gasteiger partial charge on any atom is -0.362 e. The molecule has 1 aromatic carbocycles. The average molecular weight is 390 g/mol. The summed E-state index contributed by atoms with van der Waals surface area (Å²) in [6, 6.07) is 6.10. The molecule has 134 valence electrons. The highest BCUT2D eigenvalue weighted by Gasteiger charge is 2.23. The van der Waals surface area contributed by atoms with Crippen LogP contribution in [0.5, 0.6) is 0 Å². The standard InChI is InChI=1S/C18H17Cl2N5O/c1-11-2-3-12(13(19)6-11)8-25-10-21-14-9-24(5-4-15(14)25)16-7-22-23-18(26)17(16)20/h2-3,6-7,10H,4-5,8-9H2,1H3,(H,23,26). The van der Waals surface area contributed by atoms with Crippen LogP contribution in [0.15, 0.2) is 35.5 Å². The lowest BCUT2D eigenvalue weighted by Gasteiger charge is -2.29. The second kappa shape index (κ2) is 6.78. The maximum atomic E-state index is 11.7. The predicted molar refractivity (Wildman–Crippen MR) is 102 cm³/mol. The first kappa shape index (κ1) is 17.1. The molecule has 8 heteroatoms. The van der Waals surface area contributed by atoms with Crippen molar-refractivity contribution in [3.05, 3.63) is 73.6 Å². The van der Waals surface area contributed by atoms with Crippen LogP contribution in [0.25, 0.3) is 0 Å². The fraction of sp³-hybridized carbons (Fsp3) is 0.278. The van der Waals surface area contributed by atoms with Gasteiger partial charge in [0, 0.05) is 23.7 Å². The largest absolute Gasteiger partial charge is 0.362 e. The third-order valence-electron chi connectivity index (χ3n) is 4.66. The lowest BCUT2D eigenvalue weighted by Crippen LogP contribution is -2.32. The van der Waals surface area contributed by atoms with Gasteiger partial charge in [-0.15, -0.1) is 0 Å². The van der Waals surface area contributed by atoms with Gasteiger partial charge >= 0.3 is 0 Å². The van der Waals surface area contributed by atoms with Crippen LogP contribution in [0.3, 0.4) is 0 Å². The summed E-state index contributed by atoms with van der Waals surface area (Å²) in [7, 11) is 0. The third kappa shape index (κ3) is 3.10. The Labute approximate surface area is 160 Å². The van der Waals surface area contributed by atoms with E-state index in [2.05, 4.69) is 31.9 Å². The van der Waals surface area contributed by atoms with Gasteiger partial charge in [0.1, 0.15) is 5.02 Å². The van der Waals surface area contributed by atoms with Crippen molar-refractivity contribution in [2.24, 2.45) is 0 Å². The molecule has 6 nitrogen and oxygen atoms in total. The number of anilines is 1.